The third-order valence-electron chi connectivity index (χ3n) is 4.26. The largest absolute Gasteiger partial charge is 0.325 e. The molecule has 2 aromatic heterocycles. The minimum atomic E-state index is -0.255. The molecular formula is C20H17N3O2S. The lowest BCUT2D eigenvalue weighted by Gasteiger charge is -2.08. The second-order valence-corrected chi connectivity index (χ2v) is 7.19. The van der Waals surface area contributed by atoms with Gasteiger partial charge in [-0.25, -0.2) is 4.98 Å². The molecule has 1 N–H and O–H groups in total. The zero-order chi connectivity index (χ0) is 18.1. The molecule has 0 saturated carbocycles. The molecule has 6 heteroatoms. The highest BCUT2D eigenvalue weighted by Crippen LogP contribution is 2.21. The van der Waals surface area contributed by atoms with Crippen LogP contribution >= 0.6 is 11.3 Å². The Bertz CT molecular complexity index is 1180. The summed E-state index contributed by atoms with van der Waals surface area (Å²) in [6.45, 7) is 1.98. The van der Waals surface area contributed by atoms with Gasteiger partial charge in [-0.3, -0.25) is 14.2 Å². The second kappa shape index (κ2) is 6.72. The number of rotatable bonds is 4. The molecule has 0 radical (unpaired) electrons. The van der Waals surface area contributed by atoms with Crippen molar-refractivity contribution in [1.82, 2.24) is 9.55 Å². The molecular weight excluding hydrogens is 346 g/mol. The minimum absolute atomic E-state index is 0.0636. The minimum Gasteiger partial charge on any atom is -0.325 e. The summed E-state index contributed by atoms with van der Waals surface area (Å²) in [5.41, 5.74) is 0.527. The predicted octanol–water partition coefficient (Wildman–Crippen LogP) is 3.81. The average molecular weight is 363 g/mol. The lowest BCUT2D eigenvalue weighted by atomic mass is 10.1. The first-order valence-corrected chi connectivity index (χ1v) is 9.22. The maximum Gasteiger partial charge on any atom is 0.262 e. The van der Waals surface area contributed by atoms with Crippen LogP contribution in [-0.2, 0) is 17.8 Å². The zero-order valence-electron chi connectivity index (χ0n) is 14.2. The first kappa shape index (κ1) is 16.5. The third kappa shape index (κ3) is 3.11. The Morgan fingerprint density at radius 3 is 2.77 bits per heavy atom. The van der Waals surface area contributed by atoms with E-state index in [1.807, 2.05) is 55.5 Å². The Labute approximate surface area is 153 Å². The summed E-state index contributed by atoms with van der Waals surface area (Å²) in [5, 5.41) is 5.59. The molecule has 130 valence electrons. The number of hydrogen-bond donors (Lipinski definition) is 1. The van der Waals surface area contributed by atoms with Crippen LogP contribution in [0.4, 0.5) is 5.69 Å². The fraction of sp³-hybridized carbons (Fsp3) is 0.150. The van der Waals surface area contributed by atoms with Crippen molar-refractivity contribution >= 4 is 43.9 Å². The third-order valence-corrected chi connectivity index (χ3v) is 5.45. The Morgan fingerprint density at radius 2 is 1.96 bits per heavy atom. The molecule has 0 spiro atoms. The number of anilines is 1. The van der Waals surface area contributed by atoms with Gasteiger partial charge in [0.25, 0.3) is 5.56 Å². The topological polar surface area (TPSA) is 64.0 Å². The van der Waals surface area contributed by atoms with Crippen LogP contribution in [-0.4, -0.2) is 15.5 Å². The number of fused-ring (bicyclic) bond motifs is 2. The van der Waals surface area contributed by atoms with E-state index in [1.54, 1.807) is 0 Å². The van der Waals surface area contributed by atoms with E-state index >= 15 is 0 Å². The van der Waals surface area contributed by atoms with E-state index < -0.39 is 0 Å². The highest BCUT2D eigenvalue weighted by molar-refractivity contribution is 7.18. The number of benzene rings is 2. The molecule has 0 unspecified atom stereocenters. The van der Waals surface area contributed by atoms with Crippen LogP contribution in [0.15, 0.2) is 59.7 Å². The number of hydrogen-bond acceptors (Lipinski definition) is 4. The van der Waals surface area contributed by atoms with Crippen LogP contribution in [0.25, 0.3) is 21.0 Å². The van der Waals surface area contributed by atoms with Crippen LogP contribution in [0, 0.1) is 0 Å². The molecule has 1 amide bonds. The van der Waals surface area contributed by atoms with Gasteiger partial charge in [0.05, 0.1) is 11.7 Å². The molecule has 26 heavy (non-hydrogen) atoms. The summed E-state index contributed by atoms with van der Waals surface area (Å²) in [7, 11) is 0. The normalized spacial score (nSPS) is 11.1. The van der Waals surface area contributed by atoms with Crippen molar-refractivity contribution in [2.24, 2.45) is 0 Å². The van der Waals surface area contributed by atoms with E-state index in [4.69, 9.17) is 0 Å². The summed E-state index contributed by atoms with van der Waals surface area (Å²) < 4.78 is 1.35. The van der Waals surface area contributed by atoms with Crippen LogP contribution in [0.3, 0.4) is 0 Å². The highest BCUT2D eigenvalue weighted by atomic mass is 32.1. The van der Waals surface area contributed by atoms with E-state index in [2.05, 4.69) is 10.3 Å². The molecule has 2 heterocycles. The molecule has 0 saturated heterocycles. The maximum absolute atomic E-state index is 12.6. The number of amides is 1. The van der Waals surface area contributed by atoms with Crippen LogP contribution in [0.5, 0.6) is 0 Å². The van der Waals surface area contributed by atoms with Gasteiger partial charge in [-0.15, -0.1) is 11.3 Å². The van der Waals surface area contributed by atoms with Crippen molar-refractivity contribution in [3.8, 4) is 0 Å². The summed E-state index contributed by atoms with van der Waals surface area (Å²) in [6.07, 6.45) is 2.31. The van der Waals surface area contributed by atoms with Crippen molar-refractivity contribution in [2.75, 3.05) is 5.32 Å². The molecule has 4 rings (SSSR count). The fourth-order valence-electron chi connectivity index (χ4n) is 2.92. The van der Waals surface area contributed by atoms with Crippen molar-refractivity contribution in [2.45, 2.75) is 19.9 Å². The van der Waals surface area contributed by atoms with Crippen LogP contribution in [0.2, 0.25) is 0 Å². The van der Waals surface area contributed by atoms with Gasteiger partial charge in [0.1, 0.15) is 11.4 Å². The molecule has 4 aromatic rings. The molecule has 0 atom stereocenters. The van der Waals surface area contributed by atoms with E-state index in [0.717, 1.165) is 26.9 Å². The number of aryl methyl sites for hydroxylation is 1. The summed E-state index contributed by atoms with van der Waals surface area (Å²) in [5.74, 6) is -0.255. The summed E-state index contributed by atoms with van der Waals surface area (Å²) >= 11 is 1.52. The van der Waals surface area contributed by atoms with Crippen molar-refractivity contribution in [3.05, 3.63) is 70.1 Å². The van der Waals surface area contributed by atoms with Gasteiger partial charge in [0, 0.05) is 10.6 Å². The molecule has 0 fully saturated rings. The molecule has 0 bridgehead atoms. The Morgan fingerprint density at radius 1 is 1.15 bits per heavy atom. The smallest absolute Gasteiger partial charge is 0.262 e. The number of nitrogens with one attached hydrogen (secondary N) is 1. The van der Waals surface area contributed by atoms with Crippen molar-refractivity contribution in [3.63, 3.8) is 0 Å². The van der Waals surface area contributed by atoms with Crippen LogP contribution in [0.1, 0.15) is 11.8 Å². The van der Waals surface area contributed by atoms with Crippen LogP contribution < -0.4 is 10.9 Å². The molecule has 2 aromatic carbocycles. The van der Waals surface area contributed by atoms with Crippen molar-refractivity contribution < 1.29 is 4.79 Å². The number of nitrogens with zero attached hydrogens (tertiary/aromatic N) is 2. The lowest BCUT2D eigenvalue weighted by Crippen LogP contribution is -2.27. The average Bonchev–Trinajstić information content (AvgIpc) is 3.08. The quantitative estimate of drug-likeness (QED) is 0.600. The maximum atomic E-state index is 12.6. The van der Waals surface area contributed by atoms with Gasteiger partial charge in [-0.2, -0.15) is 0 Å². The van der Waals surface area contributed by atoms with E-state index in [-0.39, 0.29) is 18.0 Å². The van der Waals surface area contributed by atoms with Gasteiger partial charge in [-0.1, -0.05) is 37.3 Å². The van der Waals surface area contributed by atoms with Gasteiger partial charge in [0.15, 0.2) is 0 Å². The Balaban J connectivity index is 1.56. The first-order valence-electron chi connectivity index (χ1n) is 8.40. The number of carbonyl (C=O) groups is 1. The molecule has 0 aliphatic rings. The van der Waals surface area contributed by atoms with Crippen molar-refractivity contribution in [1.29, 1.82) is 0 Å². The second-order valence-electron chi connectivity index (χ2n) is 6.07. The molecule has 0 aliphatic carbocycles. The van der Waals surface area contributed by atoms with Gasteiger partial charge < -0.3 is 5.32 Å². The molecule has 0 aliphatic heterocycles. The lowest BCUT2D eigenvalue weighted by molar-refractivity contribution is -0.116. The summed E-state index contributed by atoms with van der Waals surface area (Å²) in [4.78, 5) is 31.1. The first-order chi connectivity index (χ1) is 12.6. The monoisotopic (exact) mass is 363 g/mol. The standard InChI is InChI=1S/C20H17N3O2S/c1-2-16-10-17-19(26-16)21-12-23(20(17)25)11-18(24)22-15-8-7-13-5-3-4-6-14(13)9-15/h3-10,12H,2,11H2,1H3,(H,22,24). The molecule has 5 nitrogen and oxygen atoms in total. The van der Waals surface area contributed by atoms with E-state index in [0.29, 0.717) is 11.1 Å². The van der Waals surface area contributed by atoms with E-state index in [1.165, 1.54) is 22.2 Å². The van der Waals surface area contributed by atoms with Gasteiger partial charge in [-0.05, 0) is 35.4 Å². The van der Waals surface area contributed by atoms with Gasteiger partial charge in [0.2, 0.25) is 5.91 Å². The van der Waals surface area contributed by atoms with Gasteiger partial charge >= 0.3 is 0 Å². The Kier molecular flexibility index (Phi) is 4.26. The van der Waals surface area contributed by atoms with E-state index in [9.17, 15) is 9.59 Å². The number of aromatic nitrogens is 2. The number of carbonyl (C=O) groups excluding carboxylic acids is 1. The SMILES string of the molecule is CCc1cc2c(=O)n(CC(=O)Nc3ccc4ccccc4c3)cnc2s1. The summed E-state index contributed by atoms with van der Waals surface area (Å²) in [6, 6.07) is 15.6. The Hall–Kier alpha value is -2.99. The zero-order valence-corrected chi connectivity index (χ0v) is 15.0. The fourth-order valence-corrected chi connectivity index (χ4v) is 3.84. The number of thiophene rings is 1. The highest BCUT2D eigenvalue weighted by Gasteiger charge is 2.11. The predicted molar refractivity (Wildman–Crippen MR) is 106 cm³/mol.